The van der Waals surface area contributed by atoms with Gasteiger partial charge in [0, 0.05) is 41.9 Å². The molecule has 0 radical (unpaired) electrons. The third-order valence-corrected chi connectivity index (χ3v) is 4.88. The van der Waals surface area contributed by atoms with Crippen molar-refractivity contribution in [1.82, 2.24) is 4.98 Å². The van der Waals surface area contributed by atoms with Gasteiger partial charge < -0.3 is 9.64 Å². The number of aromatic nitrogens is 1. The number of methoxy groups -OCH3 is 1. The maximum absolute atomic E-state index is 13.0. The predicted octanol–water partition coefficient (Wildman–Crippen LogP) is 3.26. The monoisotopic (exact) mass is 417 g/mol. The van der Waals surface area contributed by atoms with Crippen molar-refractivity contribution in [2.45, 2.75) is 13.3 Å². The zero-order valence-electron chi connectivity index (χ0n) is 14.7. The van der Waals surface area contributed by atoms with Crippen LogP contribution in [0.1, 0.15) is 13.3 Å². The topological polar surface area (TPSA) is 62.7 Å². The first-order valence-corrected chi connectivity index (χ1v) is 9.20. The number of benzene rings is 1. The molecule has 0 aliphatic carbocycles. The van der Waals surface area contributed by atoms with Crippen LogP contribution in [0.5, 0.6) is 5.75 Å². The highest BCUT2D eigenvalue weighted by Gasteiger charge is 2.37. The number of ether oxygens (including phenoxy) is 1. The predicted molar refractivity (Wildman–Crippen MR) is 103 cm³/mol. The van der Waals surface area contributed by atoms with Gasteiger partial charge in [0.15, 0.2) is 0 Å². The summed E-state index contributed by atoms with van der Waals surface area (Å²) in [5.74, 6) is 0.740. The van der Waals surface area contributed by atoms with Crippen molar-refractivity contribution in [3.63, 3.8) is 0 Å². The number of hydrogen-bond acceptors (Lipinski definition) is 4. The maximum Gasteiger partial charge on any atom is 0.233 e. The summed E-state index contributed by atoms with van der Waals surface area (Å²) in [4.78, 5) is 33.0. The fourth-order valence-corrected chi connectivity index (χ4v) is 3.31. The van der Waals surface area contributed by atoms with E-state index in [1.165, 1.54) is 0 Å². The lowest BCUT2D eigenvalue weighted by molar-refractivity contribution is -0.124. The first-order valence-electron chi connectivity index (χ1n) is 8.40. The van der Waals surface area contributed by atoms with E-state index in [4.69, 9.17) is 4.74 Å². The van der Waals surface area contributed by atoms with Crippen LogP contribution in [0.3, 0.4) is 0 Å². The molecule has 1 fully saturated rings. The minimum absolute atomic E-state index is 0.0589. The summed E-state index contributed by atoms with van der Waals surface area (Å²) in [6, 6.07) is 11.0. The molecule has 0 bridgehead atoms. The Morgan fingerprint density at radius 3 is 2.85 bits per heavy atom. The number of rotatable bonds is 5. The quantitative estimate of drug-likeness (QED) is 0.748. The lowest BCUT2D eigenvalue weighted by atomic mass is 10.1. The van der Waals surface area contributed by atoms with Gasteiger partial charge in [-0.3, -0.25) is 14.5 Å². The standard InChI is InChI=1S/C19H20BrN3O3/c1-3-22(17-8-7-14(20)11-21-17)19(25)13-9-18(24)23(12-13)15-5-4-6-16(10-15)26-2/h4-8,10-11,13H,3,9,12H2,1-2H3. The minimum Gasteiger partial charge on any atom is -0.497 e. The SMILES string of the molecule is CCN(C(=O)C1CC(=O)N(c2cccc(OC)c2)C1)c1ccc(Br)cn1. The number of nitrogens with zero attached hydrogens (tertiary/aromatic N) is 3. The van der Waals surface area contributed by atoms with Crippen molar-refractivity contribution in [2.75, 3.05) is 30.0 Å². The number of carbonyl (C=O) groups is 2. The second-order valence-corrected chi connectivity index (χ2v) is 6.94. The van der Waals surface area contributed by atoms with Crippen molar-refractivity contribution in [1.29, 1.82) is 0 Å². The van der Waals surface area contributed by atoms with Crippen LogP contribution >= 0.6 is 15.9 Å². The van der Waals surface area contributed by atoms with Crippen LogP contribution in [0.15, 0.2) is 47.1 Å². The Morgan fingerprint density at radius 1 is 1.38 bits per heavy atom. The summed E-state index contributed by atoms with van der Waals surface area (Å²) in [7, 11) is 1.58. The molecular weight excluding hydrogens is 398 g/mol. The Labute approximate surface area is 160 Å². The van der Waals surface area contributed by atoms with Crippen molar-refractivity contribution < 1.29 is 14.3 Å². The van der Waals surface area contributed by atoms with Gasteiger partial charge in [-0.15, -0.1) is 0 Å². The van der Waals surface area contributed by atoms with E-state index in [0.717, 1.165) is 10.2 Å². The molecule has 0 spiro atoms. The molecule has 26 heavy (non-hydrogen) atoms. The van der Waals surface area contributed by atoms with Gasteiger partial charge in [-0.25, -0.2) is 4.98 Å². The minimum atomic E-state index is -0.390. The number of hydrogen-bond donors (Lipinski definition) is 0. The van der Waals surface area contributed by atoms with E-state index in [-0.39, 0.29) is 24.2 Å². The molecule has 0 saturated carbocycles. The van der Waals surface area contributed by atoms with Crippen molar-refractivity contribution in [3.05, 3.63) is 47.1 Å². The third-order valence-electron chi connectivity index (χ3n) is 4.41. The zero-order valence-corrected chi connectivity index (χ0v) is 16.3. The highest BCUT2D eigenvalue weighted by molar-refractivity contribution is 9.10. The van der Waals surface area contributed by atoms with E-state index in [9.17, 15) is 9.59 Å². The van der Waals surface area contributed by atoms with E-state index < -0.39 is 0 Å². The zero-order chi connectivity index (χ0) is 18.7. The molecule has 7 heteroatoms. The number of halogens is 1. The Morgan fingerprint density at radius 2 is 2.19 bits per heavy atom. The first-order chi connectivity index (χ1) is 12.5. The van der Waals surface area contributed by atoms with E-state index in [0.29, 0.717) is 24.7 Å². The number of anilines is 2. The van der Waals surface area contributed by atoms with Crippen molar-refractivity contribution in [3.8, 4) is 5.75 Å². The molecule has 1 aliphatic heterocycles. The van der Waals surface area contributed by atoms with Gasteiger partial charge in [0.2, 0.25) is 11.8 Å². The average molecular weight is 418 g/mol. The van der Waals surface area contributed by atoms with Gasteiger partial charge in [0.25, 0.3) is 0 Å². The Balaban J connectivity index is 1.78. The second-order valence-electron chi connectivity index (χ2n) is 6.02. The third kappa shape index (κ3) is 3.72. The van der Waals surface area contributed by atoms with Gasteiger partial charge in [-0.05, 0) is 47.1 Å². The smallest absolute Gasteiger partial charge is 0.233 e. The molecule has 6 nitrogen and oxygen atoms in total. The molecule has 1 atom stereocenters. The van der Waals surface area contributed by atoms with Crippen molar-refractivity contribution >= 4 is 39.2 Å². The van der Waals surface area contributed by atoms with E-state index in [2.05, 4.69) is 20.9 Å². The molecular formula is C19H20BrN3O3. The van der Waals surface area contributed by atoms with Gasteiger partial charge in [0.1, 0.15) is 11.6 Å². The van der Waals surface area contributed by atoms with Crippen molar-refractivity contribution in [2.24, 2.45) is 5.92 Å². The van der Waals surface area contributed by atoms with Gasteiger partial charge in [0.05, 0.1) is 13.0 Å². The largest absolute Gasteiger partial charge is 0.497 e. The molecule has 0 N–H and O–H groups in total. The second kappa shape index (κ2) is 7.86. The van der Waals surface area contributed by atoms with Crippen LogP contribution in [0, 0.1) is 5.92 Å². The fourth-order valence-electron chi connectivity index (χ4n) is 3.08. The number of pyridine rings is 1. The molecule has 2 amide bonds. The molecule has 1 aromatic carbocycles. The molecule has 3 rings (SSSR count). The van der Waals surface area contributed by atoms with Crippen LogP contribution < -0.4 is 14.5 Å². The highest BCUT2D eigenvalue weighted by atomic mass is 79.9. The average Bonchev–Trinajstić information content (AvgIpc) is 3.05. The van der Waals surface area contributed by atoms with Crippen LogP contribution in [0.4, 0.5) is 11.5 Å². The molecule has 1 unspecified atom stereocenters. The van der Waals surface area contributed by atoms with Crippen LogP contribution in [-0.4, -0.2) is 37.0 Å². The summed E-state index contributed by atoms with van der Waals surface area (Å²) >= 11 is 3.35. The van der Waals surface area contributed by atoms with E-state index in [1.54, 1.807) is 35.2 Å². The lowest BCUT2D eigenvalue weighted by Crippen LogP contribution is -2.38. The summed E-state index contributed by atoms with van der Waals surface area (Å²) < 4.78 is 6.07. The van der Waals surface area contributed by atoms with Gasteiger partial charge in [-0.1, -0.05) is 6.07 Å². The van der Waals surface area contributed by atoms with E-state index >= 15 is 0 Å². The Hall–Kier alpha value is -2.41. The van der Waals surface area contributed by atoms with E-state index in [1.807, 2.05) is 31.2 Å². The molecule has 1 aliphatic rings. The highest BCUT2D eigenvalue weighted by Crippen LogP contribution is 2.29. The molecule has 2 heterocycles. The first kappa shape index (κ1) is 18.4. The van der Waals surface area contributed by atoms with Crippen LogP contribution in [0.2, 0.25) is 0 Å². The number of carbonyl (C=O) groups excluding carboxylic acids is 2. The summed E-state index contributed by atoms with van der Waals surface area (Å²) in [6.45, 7) is 2.76. The van der Waals surface area contributed by atoms with Crippen LogP contribution in [0.25, 0.3) is 0 Å². The van der Waals surface area contributed by atoms with Gasteiger partial charge >= 0.3 is 0 Å². The summed E-state index contributed by atoms with van der Waals surface area (Å²) in [6.07, 6.45) is 1.86. The number of amides is 2. The maximum atomic E-state index is 13.0. The van der Waals surface area contributed by atoms with Crippen LogP contribution in [-0.2, 0) is 9.59 Å². The van der Waals surface area contributed by atoms with Gasteiger partial charge in [-0.2, -0.15) is 0 Å². The summed E-state index contributed by atoms with van der Waals surface area (Å²) in [5, 5.41) is 0. The Kier molecular flexibility index (Phi) is 5.56. The molecule has 2 aromatic rings. The Bertz CT molecular complexity index is 810. The fraction of sp³-hybridized carbons (Fsp3) is 0.316. The summed E-state index contributed by atoms with van der Waals surface area (Å²) in [5.41, 5.74) is 0.745. The normalized spacial score (nSPS) is 16.7. The molecule has 136 valence electrons. The lowest BCUT2D eigenvalue weighted by Gasteiger charge is -2.23. The molecule has 1 saturated heterocycles. The molecule has 1 aromatic heterocycles.